The van der Waals surface area contributed by atoms with Crippen LogP contribution in [0.15, 0.2) is 12.3 Å². The molecule has 0 aromatic carbocycles. The Hall–Kier alpha value is -1.38. The number of hydrogen-bond acceptors (Lipinski definition) is 2. The molecule has 18 heavy (non-hydrogen) atoms. The lowest BCUT2D eigenvalue weighted by Gasteiger charge is -2.20. The number of rotatable bonds is 3. The van der Waals surface area contributed by atoms with Crippen LogP contribution in [0.1, 0.15) is 49.9 Å². The summed E-state index contributed by atoms with van der Waals surface area (Å²) < 4.78 is 0. The predicted molar refractivity (Wildman–Crippen MR) is 73.5 cm³/mol. The van der Waals surface area contributed by atoms with Crippen molar-refractivity contribution in [1.82, 2.24) is 15.0 Å². The van der Waals surface area contributed by atoms with Crippen LogP contribution in [0.3, 0.4) is 0 Å². The molecule has 1 aliphatic carbocycles. The molecule has 3 nitrogen and oxygen atoms in total. The summed E-state index contributed by atoms with van der Waals surface area (Å²) in [7, 11) is 0. The molecule has 1 saturated carbocycles. The van der Waals surface area contributed by atoms with Crippen molar-refractivity contribution in [2.75, 3.05) is 0 Å². The Bertz CT molecular complexity index is 524. The molecule has 96 valence electrons. The van der Waals surface area contributed by atoms with Gasteiger partial charge in [0.25, 0.3) is 0 Å². The second-order valence-electron chi connectivity index (χ2n) is 5.61. The van der Waals surface area contributed by atoms with Gasteiger partial charge in [-0.25, -0.2) is 9.97 Å². The van der Waals surface area contributed by atoms with Crippen molar-refractivity contribution < 1.29 is 0 Å². The van der Waals surface area contributed by atoms with Crippen LogP contribution in [0, 0.1) is 12.8 Å². The minimum Gasteiger partial charge on any atom is -0.341 e. The molecule has 2 aromatic heterocycles. The standard InChI is InChI=1S/C15H21N3/c1-11-9-13-15(16-10-11)18-14(17-13)8-7-12-5-3-2-4-6-12/h9-10,12H,2-8H2,1H3,(H,16,17,18). The van der Waals surface area contributed by atoms with Crippen LogP contribution in [-0.4, -0.2) is 15.0 Å². The number of aromatic amines is 1. The molecular formula is C15H21N3. The minimum atomic E-state index is 0.860. The van der Waals surface area contributed by atoms with Crippen molar-refractivity contribution in [3.63, 3.8) is 0 Å². The summed E-state index contributed by atoms with van der Waals surface area (Å²) in [5.41, 5.74) is 3.12. The summed E-state index contributed by atoms with van der Waals surface area (Å²) in [6, 6.07) is 2.12. The Morgan fingerprint density at radius 1 is 1.28 bits per heavy atom. The van der Waals surface area contributed by atoms with Gasteiger partial charge < -0.3 is 4.98 Å². The highest BCUT2D eigenvalue weighted by atomic mass is 15.0. The molecule has 0 saturated heterocycles. The van der Waals surface area contributed by atoms with E-state index in [1.54, 1.807) is 0 Å². The van der Waals surface area contributed by atoms with E-state index in [2.05, 4.69) is 27.9 Å². The topological polar surface area (TPSA) is 41.6 Å². The molecule has 0 atom stereocenters. The zero-order valence-electron chi connectivity index (χ0n) is 11.1. The van der Waals surface area contributed by atoms with Crippen molar-refractivity contribution in [3.05, 3.63) is 23.7 Å². The van der Waals surface area contributed by atoms with Crippen molar-refractivity contribution >= 4 is 11.2 Å². The van der Waals surface area contributed by atoms with Crippen LogP contribution in [0.25, 0.3) is 11.2 Å². The number of nitrogens with one attached hydrogen (secondary N) is 1. The number of fused-ring (bicyclic) bond motifs is 1. The largest absolute Gasteiger partial charge is 0.341 e. The van der Waals surface area contributed by atoms with Gasteiger partial charge in [-0.3, -0.25) is 0 Å². The Morgan fingerprint density at radius 3 is 2.94 bits per heavy atom. The molecule has 0 aliphatic heterocycles. The summed E-state index contributed by atoms with van der Waals surface area (Å²) in [6.45, 7) is 2.06. The maximum atomic E-state index is 4.57. The van der Waals surface area contributed by atoms with Gasteiger partial charge in [0.2, 0.25) is 0 Å². The Labute approximate surface area is 108 Å². The highest BCUT2D eigenvalue weighted by Crippen LogP contribution is 2.27. The van der Waals surface area contributed by atoms with Crippen LogP contribution in [-0.2, 0) is 6.42 Å². The van der Waals surface area contributed by atoms with E-state index in [9.17, 15) is 0 Å². The van der Waals surface area contributed by atoms with Crippen molar-refractivity contribution in [3.8, 4) is 0 Å². The first-order chi connectivity index (χ1) is 8.81. The van der Waals surface area contributed by atoms with Crippen molar-refractivity contribution in [2.24, 2.45) is 5.92 Å². The smallest absolute Gasteiger partial charge is 0.177 e. The zero-order valence-corrected chi connectivity index (χ0v) is 11.1. The first-order valence-corrected chi connectivity index (χ1v) is 7.12. The van der Waals surface area contributed by atoms with Gasteiger partial charge in [0, 0.05) is 12.6 Å². The molecule has 0 bridgehead atoms. The van der Waals surface area contributed by atoms with Crippen LogP contribution in [0.2, 0.25) is 0 Å². The molecule has 0 amide bonds. The SMILES string of the molecule is Cc1cnc2nc(CCC3CCCCC3)[nH]c2c1. The van der Waals surface area contributed by atoms with Crippen LogP contribution >= 0.6 is 0 Å². The Kier molecular flexibility index (Phi) is 3.31. The normalized spacial score (nSPS) is 17.4. The molecule has 1 N–H and O–H groups in total. The summed E-state index contributed by atoms with van der Waals surface area (Å²) in [4.78, 5) is 12.3. The molecule has 3 rings (SSSR count). The second kappa shape index (κ2) is 5.09. The van der Waals surface area contributed by atoms with Gasteiger partial charge in [0.1, 0.15) is 5.82 Å². The molecule has 1 fully saturated rings. The summed E-state index contributed by atoms with van der Waals surface area (Å²) in [6.07, 6.45) is 11.3. The van der Waals surface area contributed by atoms with E-state index in [-0.39, 0.29) is 0 Å². The van der Waals surface area contributed by atoms with E-state index >= 15 is 0 Å². The average Bonchev–Trinajstić information content (AvgIpc) is 2.79. The van der Waals surface area contributed by atoms with Gasteiger partial charge in [-0.2, -0.15) is 0 Å². The molecule has 0 spiro atoms. The van der Waals surface area contributed by atoms with Crippen LogP contribution in [0.5, 0.6) is 0 Å². The van der Waals surface area contributed by atoms with Gasteiger partial charge in [-0.1, -0.05) is 32.1 Å². The molecular weight excluding hydrogens is 222 g/mol. The number of aryl methyl sites for hydroxylation is 2. The fourth-order valence-electron chi connectivity index (χ4n) is 2.99. The second-order valence-corrected chi connectivity index (χ2v) is 5.61. The molecule has 0 radical (unpaired) electrons. The lowest BCUT2D eigenvalue weighted by molar-refractivity contribution is 0.337. The lowest BCUT2D eigenvalue weighted by atomic mass is 9.86. The third kappa shape index (κ3) is 2.55. The molecule has 3 heteroatoms. The fourth-order valence-corrected chi connectivity index (χ4v) is 2.99. The number of H-pyrrole nitrogens is 1. The fraction of sp³-hybridized carbons (Fsp3) is 0.600. The van der Waals surface area contributed by atoms with E-state index < -0.39 is 0 Å². The molecule has 0 unspecified atom stereocenters. The third-order valence-corrected chi connectivity index (χ3v) is 4.04. The summed E-state index contributed by atoms with van der Waals surface area (Å²) in [5.74, 6) is 2.02. The van der Waals surface area contributed by atoms with E-state index in [0.29, 0.717) is 0 Å². The number of hydrogen-bond donors (Lipinski definition) is 1. The Morgan fingerprint density at radius 2 is 2.11 bits per heavy atom. The van der Waals surface area contributed by atoms with Gasteiger partial charge in [0.15, 0.2) is 5.65 Å². The van der Waals surface area contributed by atoms with Crippen LogP contribution in [0.4, 0.5) is 0 Å². The number of nitrogens with zero attached hydrogens (tertiary/aromatic N) is 2. The van der Waals surface area contributed by atoms with E-state index in [4.69, 9.17) is 0 Å². The zero-order chi connectivity index (χ0) is 12.4. The van der Waals surface area contributed by atoms with Gasteiger partial charge in [-0.15, -0.1) is 0 Å². The van der Waals surface area contributed by atoms with Gasteiger partial charge in [0.05, 0.1) is 5.52 Å². The van der Waals surface area contributed by atoms with Crippen LogP contribution < -0.4 is 0 Å². The first kappa shape index (κ1) is 11.7. The lowest BCUT2D eigenvalue weighted by Crippen LogP contribution is -2.07. The number of aromatic nitrogens is 3. The maximum Gasteiger partial charge on any atom is 0.177 e. The van der Waals surface area contributed by atoms with Crippen molar-refractivity contribution in [1.29, 1.82) is 0 Å². The van der Waals surface area contributed by atoms with E-state index in [1.807, 2.05) is 6.20 Å². The summed E-state index contributed by atoms with van der Waals surface area (Å²) >= 11 is 0. The van der Waals surface area contributed by atoms with Crippen molar-refractivity contribution in [2.45, 2.75) is 51.9 Å². The monoisotopic (exact) mass is 243 g/mol. The van der Waals surface area contributed by atoms with Gasteiger partial charge >= 0.3 is 0 Å². The molecule has 1 aliphatic rings. The van der Waals surface area contributed by atoms with Gasteiger partial charge in [-0.05, 0) is 30.9 Å². The first-order valence-electron chi connectivity index (χ1n) is 7.12. The number of imidazole rings is 1. The third-order valence-electron chi connectivity index (χ3n) is 4.04. The highest BCUT2D eigenvalue weighted by Gasteiger charge is 2.14. The van der Waals surface area contributed by atoms with E-state index in [0.717, 1.165) is 29.3 Å². The quantitative estimate of drug-likeness (QED) is 0.891. The Balaban J connectivity index is 1.67. The minimum absolute atomic E-state index is 0.860. The highest BCUT2D eigenvalue weighted by molar-refractivity contribution is 5.70. The molecule has 2 heterocycles. The van der Waals surface area contributed by atoms with E-state index in [1.165, 1.54) is 44.1 Å². The predicted octanol–water partition coefficient (Wildman–Crippen LogP) is 3.78. The number of pyridine rings is 1. The average molecular weight is 243 g/mol. The summed E-state index contributed by atoms with van der Waals surface area (Å²) in [5, 5.41) is 0. The molecule has 2 aromatic rings. The maximum absolute atomic E-state index is 4.57.